The molecule has 15 rings (SSSR count). The number of hydrogen-bond donors (Lipinski definition) is 0. The predicted molar refractivity (Wildman–Crippen MR) is 306 cm³/mol. The summed E-state index contributed by atoms with van der Waals surface area (Å²) in [7, 11) is 0. The number of furan rings is 2. The maximum atomic E-state index is 7.16. The van der Waals surface area contributed by atoms with E-state index in [-0.39, 0.29) is 6.71 Å². The molecule has 0 unspecified atom stereocenters. The molecule has 6 nitrogen and oxygen atoms in total. The molecule has 0 amide bonds. The average Bonchev–Trinajstić information content (AvgIpc) is 4.07. The second-order valence-electron chi connectivity index (χ2n) is 19.3. The average molecular weight is 950 g/mol. The van der Waals surface area contributed by atoms with Gasteiger partial charge >= 0.3 is 0 Å². The van der Waals surface area contributed by atoms with E-state index in [0.717, 1.165) is 140 Å². The lowest BCUT2D eigenvalue weighted by Crippen LogP contribution is -2.59. The molecule has 4 heterocycles. The second kappa shape index (κ2) is 16.7. The third kappa shape index (κ3) is 6.67. The number of anilines is 9. The summed E-state index contributed by atoms with van der Waals surface area (Å²) in [5.74, 6) is 1.66. The number of aryl methyl sites for hydroxylation is 1. The largest absolute Gasteiger partial charge is 0.458 e. The first-order valence-corrected chi connectivity index (χ1v) is 25.2. The van der Waals surface area contributed by atoms with Gasteiger partial charge in [-0.25, -0.2) is 0 Å². The number of ether oxygens (including phenoxy) is 1. The van der Waals surface area contributed by atoms with Gasteiger partial charge in [-0.15, -0.1) is 0 Å². The quantitative estimate of drug-likeness (QED) is 0.141. The third-order valence-corrected chi connectivity index (χ3v) is 14.9. The first kappa shape index (κ1) is 42.0. The van der Waals surface area contributed by atoms with E-state index >= 15 is 0 Å². The highest BCUT2D eigenvalue weighted by Gasteiger charge is 2.43. The summed E-state index contributed by atoms with van der Waals surface area (Å²) >= 11 is 0. The van der Waals surface area contributed by atoms with Crippen molar-refractivity contribution in [3.05, 3.63) is 254 Å². The fourth-order valence-corrected chi connectivity index (χ4v) is 11.7. The van der Waals surface area contributed by atoms with Crippen molar-refractivity contribution in [1.82, 2.24) is 0 Å². The number of fused-ring (bicyclic) bond motifs is 10. The molecule has 0 fully saturated rings. The van der Waals surface area contributed by atoms with Crippen LogP contribution < -0.4 is 35.8 Å². The Bertz CT molecular complexity index is 4230. The van der Waals surface area contributed by atoms with Crippen LogP contribution in [0.15, 0.2) is 258 Å². The van der Waals surface area contributed by atoms with Crippen LogP contribution >= 0.6 is 0 Å². The standard InChI is InChI=1S/C67H44BN3O3/c1-43-35-60-67-66(36-43)74-65-40-55-53-34-32-50(70(47-25-13-5-14-26-47)48-27-15-6-16-28-48)38-62(53)73-64(55)42-57(65)68(67)56-41-63-54(39-59(56)71(60)58-30-18-17-29-51(58)44-19-7-2-8-20-44)52-33-31-49(37-61(52)72-63)69(45-21-9-3-10-22-45)46-23-11-4-12-24-46/h2-42H,1H3. The minimum absolute atomic E-state index is 0.209. The van der Waals surface area contributed by atoms with Gasteiger partial charge < -0.3 is 28.3 Å². The zero-order valence-corrected chi connectivity index (χ0v) is 40.3. The van der Waals surface area contributed by atoms with Gasteiger partial charge in [0.05, 0.1) is 5.69 Å². The molecule has 348 valence electrons. The van der Waals surface area contributed by atoms with Gasteiger partial charge in [0.1, 0.15) is 33.8 Å². The molecule has 0 saturated carbocycles. The monoisotopic (exact) mass is 949 g/mol. The highest BCUT2D eigenvalue weighted by Crippen LogP contribution is 2.48. The third-order valence-electron chi connectivity index (χ3n) is 14.9. The van der Waals surface area contributed by atoms with Gasteiger partial charge in [0.25, 0.3) is 6.71 Å². The molecule has 2 aliphatic rings. The van der Waals surface area contributed by atoms with Gasteiger partial charge in [-0.05, 0) is 150 Å². The smallest absolute Gasteiger partial charge is 0.256 e. The molecule has 0 aliphatic carbocycles. The number of rotatable bonds is 8. The van der Waals surface area contributed by atoms with Crippen molar-refractivity contribution in [2.45, 2.75) is 6.92 Å². The zero-order chi connectivity index (χ0) is 48.9. The fraction of sp³-hybridized carbons (Fsp3) is 0.0149. The Morgan fingerprint density at radius 2 is 0.824 bits per heavy atom. The van der Waals surface area contributed by atoms with Crippen LogP contribution in [0, 0.1) is 6.92 Å². The first-order valence-electron chi connectivity index (χ1n) is 25.2. The number of hydrogen-bond acceptors (Lipinski definition) is 6. The van der Waals surface area contributed by atoms with Gasteiger partial charge in [0.2, 0.25) is 0 Å². The Balaban J connectivity index is 0.943. The van der Waals surface area contributed by atoms with E-state index in [4.69, 9.17) is 13.6 Å². The van der Waals surface area contributed by atoms with Crippen molar-refractivity contribution < 1.29 is 13.6 Å². The van der Waals surface area contributed by atoms with Gasteiger partial charge in [-0.2, -0.15) is 0 Å². The molecule has 74 heavy (non-hydrogen) atoms. The van der Waals surface area contributed by atoms with Crippen molar-refractivity contribution in [1.29, 1.82) is 0 Å². The molecule has 11 aromatic carbocycles. The van der Waals surface area contributed by atoms with Crippen molar-refractivity contribution in [3.63, 3.8) is 0 Å². The van der Waals surface area contributed by atoms with Crippen LogP contribution in [0.25, 0.3) is 55.0 Å². The van der Waals surface area contributed by atoms with E-state index in [2.05, 4.69) is 270 Å². The lowest BCUT2D eigenvalue weighted by atomic mass is 9.34. The summed E-state index contributed by atoms with van der Waals surface area (Å²) in [6.07, 6.45) is 0. The maximum absolute atomic E-state index is 7.16. The summed E-state index contributed by atoms with van der Waals surface area (Å²) in [4.78, 5) is 7.01. The SMILES string of the molecule is Cc1cc2c3c(c1)N(c1ccccc1-c1ccccc1)c1cc4c(cc1B3c1cc3oc5cc(N(c6ccccc6)c6ccccc6)ccc5c3cc1O2)oc1cc(N(c2ccccc2)c2ccccc2)ccc14. The normalized spacial score (nSPS) is 12.4. The van der Waals surface area contributed by atoms with Crippen LogP contribution in [0.3, 0.4) is 0 Å². The van der Waals surface area contributed by atoms with Crippen LogP contribution in [0.5, 0.6) is 11.5 Å². The Morgan fingerprint density at radius 3 is 1.38 bits per heavy atom. The van der Waals surface area contributed by atoms with Crippen LogP contribution in [-0.4, -0.2) is 6.71 Å². The lowest BCUT2D eigenvalue weighted by molar-refractivity contribution is 0.487. The summed E-state index contributed by atoms with van der Waals surface area (Å²) in [5.41, 5.74) is 19.4. The van der Waals surface area contributed by atoms with E-state index in [0.29, 0.717) is 0 Å². The van der Waals surface area contributed by atoms with Crippen molar-refractivity contribution >= 4 is 118 Å². The maximum Gasteiger partial charge on any atom is 0.256 e. The van der Waals surface area contributed by atoms with E-state index in [9.17, 15) is 0 Å². The first-order chi connectivity index (χ1) is 36.6. The van der Waals surface area contributed by atoms with Crippen LogP contribution in [-0.2, 0) is 0 Å². The van der Waals surface area contributed by atoms with Gasteiger partial charge in [0.15, 0.2) is 0 Å². The summed E-state index contributed by atoms with van der Waals surface area (Å²) in [6.45, 7) is 1.96. The fourth-order valence-electron chi connectivity index (χ4n) is 11.7. The molecule has 7 heteroatoms. The van der Waals surface area contributed by atoms with Gasteiger partial charge in [0, 0.05) is 84.7 Å². The Labute approximate surface area is 428 Å². The van der Waals surface area contributed by atoms with Crippen LogP contribution in [0.4, 0.5) is 51.2 Å². The molecule has 0 bridgehead atoms. The lowest BCUT2D eigenvalue weighted by Gasteiger charge is -2.40. The molecule has 0 spiro atoms. The molecule has 2 aliphatic heterocycles. The second-order valence-corrected chi connectivity index (χ2v) is 19.3. The predicted octanol–water partition coefficient (Wildman–Crippen LogP) is 16.8. The summed E-state index contributed by atoms with van der Waals surface area (Å²) in [6, 6.07) is 88.1. The summed E-state index contributed by atoms with van der Waals surface area (Å²) < 4.78 is 21.2. The van der Waals surface area contributed by atoms with Gasteiger partial charge in [-0.3, -0.25) is 0 Å². The van der Waals surface area contributed by atoms with E-state index in [1.165, 1.54) is 0 Å². The van der Waals surface area contributed by atoms with Crippen LogP contribution in [0.1, 0.15) is 5.56 Å². The minimum atomic E-state index is -0.209. The molecular formula is C67H44BN3O3. The van der Waals surface area contributed by atoms with Crippen molar-refractivity contribution in [2.24, 2.45) is 0 Å². The highest BCUT2D eigenvalue weighted by atomic mass is 16.5. The number of para-hydroxylation sites is 5. The van der Waals surface area contributed by atoms with E-state index in [1.807, 2.05) is 0 Å². The zero-order valence-electron chi connectivity index (χ0n) is 40.3. The number of benzene rings is 11. The Kier molecular flexibility index (Phi) is 9.47. The Morgan fingerprint density at radius 1 is 0.351 bits per heavy atom. The number of nitrogens with zero attached hydrogens (tertiary/aromatic N) is 3. The molecule has 2 aromatic heterocycles. The summed E-state index contributed by atoms with van der Waals surface area (Å²) in [5, 5.41) is 4.13. The molecule has 0 saturated heterocycles. The minimum Gasteiger partial charge on any atom is -0.458 e. The topological polar surface area (TPSA) is 45.2 Å². The van der Waals surface area contributed by atoms with Crippen LogP contribution in [0.2, 0.25) is 0 Å². The van der Waals surface area contributed by atoms with Crippen molar-refractivity contribution in [2.75, 3.05) is 14.7 Å². The molecule has 0 atom stereocenters. The van der Waals surface area contributed by atoms with Crippen molar-refractivity contribution in [3.8, 4) is 22.6 Å². The molecule has 0 N–H and O–H groups in total. The molecule has 0 radical (unpaired) electrons. The molecular weight excluding hydrogens is 906 g/mol. The molecule has 13 aromatic rings. The highest BCUT2D eigenvalue weighted by molar-refractivity contribution is 6.99. The Hall–Kier alpha value is -9.72. The van der Waals surface area contributed by atoms with E-state index in [1.54, 1.807) is 0 Å². The van der Waals surface area contributed by atoms with Gasteiger partial charge in [-0.1, -0.05) is 121 Å². The van der Waals surface area contributed by atoms with E-state index < -0.39 is 0 Å².